The molecule has 2 aromatic rings. The number of ether oxygens (including phenoxy) is 1. The van der Waals surface area contributed by atoms with E-state index in [9.17, 15) is 0 Å². The molecule has 0 amide bonds. The number of benzene rings is 1. The van der Waals surface area contributed by atoms with E-state index >= 15 is 0 Å². The van der Waals surface area contributed by atoms with Crippen LogP contribution in [0.4, 0.5) is 0 Å². The zero-order chi connectivity index (χ0) is 14.2. The Morgan fingerprint density at radius 2 is 1.65 bits per heavy atom. The van der Waals surface area contributed by atoms with Crippen LogP contribution in [-0.2, 0) is 17.8 Å². The first-order chi connectivity index (χ1) is 9.83. The molecule has 0 spiro atoms. The summed E-state index contributed by atoms with van der Waals surface area (Å²) < 4.78 is 5.10. The fourth-order valence-corrected chi connectivity index (χ4v) is 2.13. The summed E-state index contributed by atoms with van der Waals surface area (Å²) in [6.45, 7) is 2.85. The summed E-state index contributed by atoms with van der Waals surface area (Å²) in [7, 11) is 1.70. The van der Waals surface area contributed by atoms with Gasteiger partial charge in [-0.25, -0.2) is 9.97 Å². The third-order valence-electron chi connectivity index (χ3n) is 3.30. The number of hydrogen-bond acceptors (Lipinski definition) is 3. The van der Waals surface area contributed by atoms with Crippen LogP contribution in [0.2, 0.25) is 0 Å². The highest BCUT2D eigenvalue weighted by atomic mass is 16.5. The van der Waals surface area contributed by atoms with E-state index < -0.39 is 0 Å². The Balaban J connectivity index is 2.01. The summed E-state index contributed by atoms with van der Waals surface area (Å²) in [4.78, 5) is 8.92. The van der Waals surface area contributed by atoms with Crippen molar-refractivity contribution in [2.24, 2.45) is 0 Å². The fourth-order valence-electron chi connectivity index (χ4n) is 2.13. The molecule has 106 valence electrons. The normalized spacial score (nSPS) is 10.7. The van der Waals surface area contributed by atoms with Crippen molar-refractivity contribution in [2.75, 3.05) is 7.11 Å². The van der Waals surface area contributed by atoms with Gasteiger partial charge in [-0.15, -0.1) is 0 Å². The van der Waals surface area contributed by atoms with Gasteiger partial charge in [0.25, 0.3) is 0 Å². The highest BCUT2D eigenvalue weighted by Crippen LogP contribution is 2.16. The minimum atomic E-state index is 0.636. The number of hydrogen-bond donors (Lipinski definition) is 0. The minimum absolute atomic E-state index is 0.636. The Labute approximate surface area is 121 Å². The van der Waals surface area contributed by atoms with Crippen molar-refractivity contribution in [3.63, 3.8) is 0 Å². The zero-order valence-electron chi connectivity index (χ0n) is 12.3. The second-order valence-corrected chi connectivity index (χ2v) is 5.00. The molecule has 20 heavy (non-hydrogen) atoms. The van der Waals surface area contributed by atoms with Gasteiger partial charge >= 0.3 is 0 Å². The van der Waals surface area contributed by atoms with Crippen LogP contribution in [0.5, 0.6) is 0 Å². The van der Waals surface area contributed by atoms with Crippen molar-refractivity contribution in [2.45, 2.75) is 39.2 Å². The van der Waals surface area contributed by atoms with Crippen LogP contribution in [-0.4, -0.2) is 17.1 Å². The number of unbranched alkanes of at least 4 members (excludes halogenated alkanes) is 2. The lowest BCUT2D eigenvalue weighted by Gasteiger charge is -2.04. The Morgan fingerprint density at radius 1 is 0.950 bits per heavy atom. The first kappa shape index (κ1) is 14.7. The van der Waals surface area contributed by atoms with Crippen LogP contribution < -0.4 is 0 Å². The zero-order valence-corrected chi connectivity index (χ0v) is 12.3. The molecule has 0 aliphatic heterocycles. The Morgan fingerprint density at radius 3 is 2.25 bits per heavy atom. The van der Waals surface area contributed by atoms with Crippen molar-refractivity contribution < 1.29 is 4.74 Å². The molecular weight excluding hydrogens is 248 g/mol. The SMILES string of the molecule is CCCCCc1cnc(-c2ccc(COC)cc2)nc1. The van der Waals surface area contributed by atoms with E-state index in [4.69, 9.17) is 4.74 Å². The fraction of sp³-hybridized carbons (Fsp3) is 0.412. The Hall–Kier alpha value is -1.74. The molecule has 0 N–H and O–H groups in total. The van der Waals surface area contributed by atoms with Crippen molar-refractivity contribution in [3.05, 3.63) is 47.8 Å². The second-order valence-electron chi connectivity index (χ2n) is 5.00. The van der Waals surface area contributed by atoms with Gasteiger partial charge in [0.15, 0.2) is 5.82 Å². The van der Waals surface area contributed by atoms with Crippen LogP contribution in [0.3, 0.4) is 0 Å². The van der Waals surface area contributed by atoms with Gasteiger partial charge in [-0.2, -0.15) is 0 Å². The molecule has 1 heterocycles. The topological polar surface area (TPSA) is 35.0 Å². The lowest BCUT2D eigenvalue weighted by Crippen LogP contribution is -1.94. The number of rotatable bonds is 7. The van der Waals surface area contributed by atoms with Crippen molar-refractivity contribution >= 4 is 0 Å². The smallest absolute Gasteiger partial charge is 0.159 e. The minimum Gasteiger partial charge on any atom is -0.380 e. The van der Waals surface area contributed by atoms with Gasteiger partial charge in [-0.05, 0) is 24.0 Å². The van der Waals surface area contributed by atoms with E-state index in [1.165, 1.54) is 24.8 Å². The van der Waals surface area contributed by atoms with Gasteiger partial charge in [0.05, 0.1) is 6.61 Å². The summed E-state index contributed by atoms with van der Waals surface area (Å²) in [6.07, 6.45) is 8.68. The molecule has 1 aromatic heterocycles. The third kappa shape index (κ3) is 4.14. The monoisotopic (exact) mass is 270 g/mol. The lowest BCUT2D eigenvalue weighted by atomic mass is 10.1. The van der Waals surface area contributed by atoms with E-state index in [-0.39, 0.29) is 0 Å². The number of aromatic nitrogens is 2. The first-order valence-corrected chi connectivity index (χ1v) is 7.22. The maximum atomic E-state index is 5.10. The summed E-state index contributed by atoms with van der Waals surface area (Å²) in [5.41, 5.74) is 3.43. The predicted octanol–water partition coefficient (Wildman–Crippen LogP) is 4.02. The molecule has 3 heteroatoms. The van der Waals surface area contributed by atoms with E-state index in [1.54, 1.807) is 7.11 Å². The number of aryl methyl sites for hydroxylation is 1. The van der Waals surface area contributed by atoms with Gasteiger partial charge < -0.3 is 4.74 Å². The Bertz CT molecular complexity index is 506. The van der Waals surface area contributed by atoms with Gasteiger partial charge in [-0.1, -0.05) is 44.0 Å². The Kier molecular flexibility index (Phi) is 5.69. The van der Waals surface area contributed by atoms with Crippen LogP contribution in [0, 0.1) is 0 Å². The molecule has 1 aromatic carbocycles. The number of methoxy groups -OCH3 is 1. The van der Waals surface area contributed by atoms with Crippen LogP contribution in [0.1, 0.15) is 37.3 Å². The molecule has 0 bridgehead atoms. The maximum absolute atomic E-state index is 5.10. The van der Waals surface area contributed by atoms with Gasteiger partial charge in [0, 0.05) is 25.1 Å². The second kappa shape index (κ2) is 7.75. The lowest BCUT2D eigenvalue weighted by molar-refractivity contribution is 0.185. The molecule has 0 fully saturated rings. The standard InChI is InChI=1S/C17H22N2O/c1-3-4-5-6-15-11-18-17(19-12-15)16-9-7-14(8-10-16)13-20-2/h7-12H,3-6,13H2,1-2H3. The van der Waals surface area contributed by atoms with Gasteiger partial charge in [-0.3, -0.25) is 0 Å². The largest absolute Gasteiger partial charge is 0.380 e. The average Bonchev–Trinajstić information content (AvgIpc) is 2.49. The van der Waals surface area contributed by atoms with E-state index in [1.807, 2.05) is 24.5 Å². The van der Waals surface area contributed by atoms with Crippen LogP contribution in [0.25, 0.3) is 11.4 Å². The van der Waals surface area contributed by atoms with Crippen LogP contribution in [0.15, 0.2) is 36.7 Å². The first-order valence-electron chi connectivity index (χ1n) is 7.22. The van der Waals surface area contributed by atoms with Gasteiger partial charge in [0.2, 0.25) is 0 Å². The highest BCUT2D eigenvalue weighted by molar-refractivity contribution is 5.54. The number of nitrogens with zero attached hydrogens (tertiary/aromatic N) is 2. The average molecular weight is 270 g/mol. The van der Waals surface area contributed by atoms with Crippen molar-refractivity contribution in [1.82, 2.24) is 9.97 Å². The molecule has 0 unspecified atom stereocenters. The molecule has 0 radical (unpaired) electrons. The quantitative estimate of drug-likeness (QED) is 0.713. The summed E-state index contributed by atoms with van der Waals surface area (Å²) >= 11 is 0. The highest BCUT2D eigenvalue weighted by Gasteiger charge is 2.02. The maximum Gasteiger partial charge on any atom is 0.159 e. The summed E-state index contributed by atoms with van der Waals surface area (Å²) in [6, 6.07) is 8.19. The molecule has 0 aliphatic rings. The molecule has 0 aliphatic carbocycles. The molecule has 3 nitrogen and oxygen atoms in total. The van der Waals surface area contributed by atoms with Crippen LogP contribution >= 0.6 is 0 Å². The molecule has 0 saturated carbocycles. The summed E-state index contributed by atoms with van der Waals surface area (Å²) in [5.74, 6) is 0.785. The molecule has 0 saturated heterocycles. The van der Waals surface area contributed by atoms with Crippen molar-refractivity contribution in [3.8, 4) is 11.4 Å². The van der Waals surface area contributed by atoms with E-state index in [0.29, 0.717) is 6.61 Å². The third-order valence-corrected chi connectivity index (χ3v) is 3.30. The van der Waals surface area contributed by atoms with E-state index in [0.717, 1.165) is 23.4 Å². The van der Waals surface area contributed by atoms with Gasteiger partial charge in [0.1, 0.15) is 0 Å². The van der Waals surface area contributed by atoms with Crippen molar-refractivity contribution in [1.29, 1.82) is 0 Å². The molecule has 0 atom stereocenters. The predicted molar refractivity (Wildman–Crippen MR) is 81.4 cm³/mol. The summed E-state index contributed by atoms with van der Waals surface area (Å²) in [5, 5.41) is 0. The molecular formula is C17H22N2O. The van der Waals surface area contributed by atoms with E-state index in [2.05, 4.69) is 29.0 Å². The molecule has 2 rings (SSSR count).